The highest BCUT2D eigenvalue weighted by Gasteiger charge is 2.46. The van der Waals surface area contributed by atoms with Crippen molar-refractivity contribution in [1.82, 2.24) is 0 Å². The highest BCUT2D eigenvalue weighted by atomic mass is 28.4. The van der Waals surface area contributed by atoms with Crippen molar-refractivity contribution in [2.24, 2.45) is 5.92 Å². The number of Topliss-reactive ketones (excluding diaryl/α,β-unsaturated/α-hetero) is 1. The molecule has 1 aliphatic carbocycles. The van der Waals surface area contributed by atoms with Crippen LogP contribution in [-0.4, -0.2) is 46.0 Å². The number of carbonyl (C=O) groups excluding carboxylic acids is 2. The Morgan fingerprint density at radius 2 is 1.67 bits per heavy atom. The predicted molar refractivity (Wildman–Crippen MR) is 143 cm³/mol. The Labute approximate surface area is 216 Å². The Balaban J connectivity index is 1.66. The van der Waals surface area contributed by atoms with Crippen LogP contribution in [0.4, 0.5) is 0 Å². The second-order valence-electron chi connectivity index (χ2n) is 11.0. The quantitative estimate of drug-likeness (QED) is 0.215. The van der Waals surface area contributed by atoms with Crippen molar-refractivity contribution in [2.45, 2.75) is 77.0 Å². The van der Waals surface area contributed by atoms with E-state index >= 15 is 0 Å². The number of ketones is 1. The minimum atomic E-state index is -2.16. The summed E-state index contributed by atoms with van der Waals surface area (Å²) in [5, 5.41) is -0.0182. The predicted octanol–water partition coefficient (Wildman–Crippen LogP) is 6.20. The number of rotatable bonds is 10. The largest absolute Gasteiger partial charge is 0.497 e. The average molecular weight is 513 g/mol. The molecule has 1 fully saturated rings. The second-order valence-corrected chi connectivity index (χ2v) is 15.7. The minimum Gasteiger partial charge on any atom is -0.497 e. The minimum absolute atomic E-state index is 0.0182. The molecule has 3 atom stereocenters. The van der Waals surface area contributed by atoms with Crippen molar-refractivity contribution in [3.05, 3.63) is 65.7 Å². The van der Waals surface area contributed by atoms with Gasteiger partial charge in [-0.1, -0.05) is 51.1 Å². The first kappa shape index (κ1) is 28.1. The number of methoxy groups -OCH3 is 1. The lowest BCUT2D eigenvalue weighted by molar-refractivity contribution is -0.143. The molecule has 0 aromatic heterocycles. The molecule has 0 N–H and O–H groups in total. The molecule has 0 radical (unpaired) electrons. The topological polar surface area (TPSA) is 71.1 Å². The van der Waals surface area contributed by atoms with Crippen LogP contribution < -0.4 is 4.74 Å². The van der Waals surface area contributed by atoms with E-state index in [1.54, 1.807) is 31.4 Å². The van der Waals surface area contributed by atoms with E-state index in [0.717, 1.165) is 17.7 Å². The van der Waals surface area contributed by atoms with Gasteiger partial charge in [0.2, 0.25) is 5.78 Å². The molecule has 0 aliphatic heterocycles. The van der Waals surface area contributed by atoms with Crippen molar-refractivity contribution in [3.63, 3.8) is 0 Å². The summed E-state index contributed by atoms with van der Waals surface area (Å²) in [5.41, 5.74) is 1.48. The third-order valence-corrected chi connectivity index (χ3v) is 11.9. The number of esters is 1. The van der Waals surface area contributed by atoms with E-state index in [-0.39, 0.29) is 16.7 Å². The zero-order valence-corrected chi connectivity index (χ0v) is 23.4. The van der Waals surface area contributed by atoms with Crippen LogP contribution in [0, 0.1) is 5.92 Å². The summed E-state index contributed by atoms with van der Waals surface area (Å²) in [5.74, 6) is 0.0823. The summed E-state index contributed by atoms with van der Waals surface area (Å²) in [7, 11) is -0.521. The lowest BCUT2D eigenvalue weighted by atomic mass is 9.82. The van der Waals surface area contributed by atoms with Gasteiger partial charge in [-0.3, -0.25) is 4.79 Å². The Hall–Kier alpha value is -2.48. The van der Waals surface area contributed by atoms with E-state index in [4.69, 9.17) is 18.6 Å². The highest BCUT2D eigenvalue weighted by molar-refractivity contribution is 6.74. The number of ether oxygens (including phenoxy) is 3. The summed E-state index contributed by atoms with van der Waals surface area (Å²) in [6, 6.07) is 16.6. The van der Waals surface area contributed by atoms with Crippen molar-refractivity contribution in [2.75, 3.05) is 13.7 Å². The first-order valence-corrected chi connectivity index (χ1v) is 15.6. The Kier molecular flexibility index (Phi) is 9.50. The van der Waals surface area contributed by atoms with Gasteiger partial charge in [0.05, 0.1) is 19.3 Å². The van der Waals surface area contributed by atoms with Gasteiger partial charge in [0.15, 0.2) is 14.4 Å². The van der Waals surface area contributed by atoms with Crippen LogP contribution in [0.2, 0.25) is 18.1 Å². The maximum absolute atomic E-state index is 13.6. The first-order chi connectivity index (χ1) is 17.0. The van der Waals surface area contributed by atoms with Crippen LogP contribution in [0.1, 0.15) is 56.0 Å². The molecule has 1 saturated carbocycles. The monoisotopic (exact) mass is 512 g/mol. The van der Waals surface area contributed by atoms with Crippen LogP contribution in [0.5, 0.6) is 5.75 Å². The summed E-state index contributed by atoms with van der Waals surface area (Å²) in [6.45, 7) is 11.7. The third kappa shape index (κ3) is 7.28. The zero-order valence-electron chi connectivity index (χ0n) is 22.4. The van der Waals surface area contributed by atoms with E-state index in [0.29, 0.717) is 31.6 Å². The van der Waals surface area contributed by atoms with Gasteiger partial charge in [0.1, 0.15) is 11.9 Å². The van der Waals surface area contributed by atoms with Gasteiger partial charge in [0.25, 0.3) is 0 Å². The van der Waals surface area contributed by atoms with Gasteiger partial charge in [-0.25, -0.2) is 4.79 Å². The first-order valence-electron chi connectivity index (χ1n) is 12.7. The molecule has 3 rings (SSSR count). The molecule has 2 aromatic carbocycles. The van der Waals surface area contributed by atoms with Gasteiger partial charge in [-0.05, 0) is 67.2 Å². The number of hydrogen-bond donors (Lipinski definition) is 0. The second kappa shape index (κ2) is 12.2. The molecule has 1 aliphatic rings. The molecule has 0 bridgehead atoms. The van der Waals surface area contributed by atoms with Crippen LogP contribution >= 0.6 is 0 Å². The Morgan fingerprint density at radius 1 is 1.00 bits per heavy atom. The van der Waals surface area contributed by atoms with E-state index in [1.165, 1.54) is 0 Å². The maximum atomic E-state index is 13.6. The molecule has 2 aromatic rings. The maximum Gasteiger partial charge on any atom is 0.338 e. The lowest BCUT2D eigenvalue weighted by Gasteiger charge is -2.42. The summed E-state index contributed by atoms with van der Waals surface area (Å²) in [6.07, 6.45) is 0.612. The fourth-order valence-electron chi connectivity index (χ4n) is 4.08. The Morgan fingerprint density at radius 3 is 2.28 bits per heavy atom. The van der Waals surface area contributed by atoms with Crippen LogP contribution in [0.3, 0.4) is 0 Å². The van der Waals surface area contributed by atoms with Gasteiger partial charge in [-0.2, -0.15) is 0 Å². The van der Waals surface area contributed by atoms with Crippen LogP contribution in [0.25, 0.3) is 0 Å². The van der Waals surface area contributed by atoms with Gasteiger partial charge in [0, 0.05) is 12.5 Å². The van der Waals surface area contributed by atoms with Crippen LogP contribution in [-0.2, 0) is 25.3 Å². The number of carbonyl (C=O) groups is 2. The normalized spacial score (nSPS) is 20.7. The number of hydrogen-bond acceptors (Lipinski definition) is 6. The summed E-state index contributed by atoms with van der Waals surface area (Å²) < 4.78 is 23.4. The molecule has 0 unspecified atom stereocenters. The molecular formula is C29H40O6Si. The average Bonchev–Trinajstić information content (AvgIpc) is 2.85. The fraction of sp³-hybridized carbons (Fsp3) is 0.517. The van der Waals surface area contributed by atoms with E-state index in [2.05, 4.69) is 33.9 Å². The smallest absolute Gasteiger partial charge is 0.338 e. The zero-order chi connectivity index (χ0) is 26.3. The van der Waals surface area contributed by atoms with Crippen molar-refractivity contribution in [1.29, 1.82) is 0 Å². The van der Waals surface area contributed by atoms with E-state index in [9.17, 15) is 9.59 Å². The van der Waals surface area contributed by atoms with Crippen molar-refractivity contribution in [3.8, 4) is 5.75 Å². The SMILES string of the molecule is COc1ccc(COCC[C@@H]2CC[C@H](O[Si](C)(C)C(C)(C)C)C(=O)[C@@H]2OC(=O)c2ccccc2)cc1. The highest BCUT2D eigenvalue weighted by Crippen LogP contribution is 2.40. The fourth-order valence-corrected chi connectivity index (χ4v) is 5.38. The molecular weight excluding hydrogens is 472 g/mol. The molecule has 6 nitrogen and oxygen atoms in total. The summed E-state index contributed by atoms with van der Waals surface area (Å²) in [4.78, 5) is 26.5. The van der Waals surface area contributed by atoms with E-state index < -0.39 is 26.5 Å². The molecule has 7 heteroatoms. The van der Waals surface area contributed by atoms with Crippen molar-refractivity contribution >= 4 is 20.1 Å². The van der Waals surface area contributed by atoms with Crippen LogP contribution in [0.15, 0.2) is 54.6 Å². The van der Waals surface area contributed by atoms with Gasteiger partial charge >= 0.3 is 5.97 Å². The van der Waals surface area contributed by atoms with Gasteiger partial charge in [-0.15, -0.1) is 0 Å². The van der Waals surface area contributed by atoms with E-state index in [1.807, 2.05) is 30.3 Å². The molecule has 0 heterocycles. The van der Waals surface area contributed by atoms with Crippen molar-refractivity contribution < 1.29 is 28.2 Å². The lowest BCUT2D eigenvalue weighted by Crippen LogP contribution is -2.52. The van der Waals surface area contributed by atoms with Gasteiger partial charge < -0.3 is 18.6 Å². The molecule has 0 spiro atoms. The molecule has 0 saturated heterocycles. The summed E-state index contributed by atoms with van der Waals surface area (Å²) >= 11 is 0. The standard InChI is InChI=1S/C29H40O6Si/c1-29(2,3)36(5,6)35-25-17-14-22(18-19-33-20-21-12-15-24(32-4)16-13-21)27(26(25)30)34-28(31)23-10-8-7-9-11-23/h7-13,15-16,22,25,27H,14,17-20H2,1-6H3/t22-,25-,27+/m0/s1. The Bertz CT molecular complexity index is 997. The molecule has 196 valence electrons. The molecule has 0 amide bonds. The molecule has 36 heavy (non-hydrogen) atoms. The third-order valence-electron chi connectivity index (χ3n) is 7.37. The number of benzene rings is 2.